The van der Waals surface area contributed by atoms with Crippen LogP contribution < -0.4 is 15.3 Å². The minimum Gasteiger partial charge on any atom is -0.454 e. The summed E-state index contributed by atoms with van der Waals surface area (Å²) in [5, 5.41) is 13.2. The second kappa shape index (κ2) is 14.0. The molecule has 12 heteroatoms. The quantitative estimate of drug-likeness (QED) is 0.148. The molecule has 7 aromatic rings. The summed E-state index contributed by atoms with van der Waals surface area (Å²) in [5.74, 6) is -0.837. The largest absolute Gasteiger partial charge is 0.454 e. The molecule has 0 bridgehead atoms. The number of anilines is 3. The third-order valence-corrected chi connectivity index (χ3v) is 8.99. The van der Waals surface area contributed by atoms with Crippen LogP contribution in [-0.2, 0) is 9.53 Å². The Labute approximate surface area is 304 Å². The van der Waals surface area contributed by atoms with Crippen molar-refractivity contribution in [3.63, 3.8) is 0 Å². The molecule has 0 saturated heterocycles. The molecule has 0 aliphatic rings. The van der Waals surface area contributed by atoms with E-state index < -0.39 is 17.6 Å². The zero-order valence-electron chi connectivity index (χ0n) is 28.1. The average molecular weight is 722 g/mol. The van der Waals surface area contributed by atoms with Crippen molar-refractivity contribution in [2.24, 2.45) is 0 Å². The number of aromatic nitrogens is 3. The molecule has 1 N–H and O–H groups in total. The van der Waals surface area contributed by atoms with Gasteiger partial charge in [-0.05, 0) is 81.3 Å². The molecule has 10 nitrogen and oxygen atoms in total. The number of rotatable bonds is 9. The minimum atomic E-state index is -0.830. The number of hydrazine groups is 1. The smallest absolute Gasteiger partial charge is 0.407 e. The Bertz CT molecular complexity index is 2370. The van der Waals surface area contributed by atoms with Crippen molar-refractivity contribution in [2.75, 3.05) is 16.6 Å². The van der Waals surface area contributed by atoms with Crippen LogP contribution in [0.25, 0.3) is 27.5 Å². The van der Waals surface area contributed by atoms with Crippen molar-refractivity contribution in [3.8, 4) is 0 Å². The Kier molecular flexibility index (Phi) is 9.29. The molecule has 1 unspecified atom stereocenters. The number of ether oxygens (including phenoxy) is 1. The summed E-state index contributed by atoms with van der Waals surface area (Å²) in [7, 11) is 0. The number of furan rings is 1. The summed E-state index contributed by atoms with van der Waals surface area (Å²) >= 11 is 12.9. The van der Waals surface area contributed by atoms with Gasteiger partial charge in [0.25, 0.3) is 11.9 Å². The molecule has 1 atom stereocenters. The van der Waals surface area contributed by atoms with Gasteiger partial charge in [-0.25, -0.2) is 19.8 Å². The van der Waals surface area contributed by atoms with Gasteiger partial charge in [-0.2, -0.15) is 9.61 Å². The zero-order valence-corrected chi connectivity index (χ0v) is 29.6. The van der Waals surface area contributed by atoms with Gasteiger partial charge in [-0.3, -0.25) is 4.79 Å². The van der Waals surface area contributed by atoms with Crippen LogP contribution in [0.2, 0.25) is 10.0 Å². The first-order valence-corrected chi connectivity index (χ1v) is 17.1. The summed E-state index contributed by atoms with van der Waals surface area (Å²) in [6.07, 6.45) is 2.96. The number of nitrogens with zero attached hydrogens (tertiary/aromatic N) is 5. The van der Waals surface area contributed by atoms with Crippen LogP contribution in [0.15, 0.2) is 120 Å². The first kappa shape index (κ1) is 33.9. The van der Waals surface area contributed by atoms with Crippen LogP contribution in [0.4, 0.5) is 22.1 Å². The van der Waals surface area contributed by atoms with Crippen molar-refractivity contribution in [1.29, 1.82) is 0 Å². The van der Waals surface area contributed by atoms with Gasteiger partial charge in [0, 0.05) is 23.5 Å². The summed E-state index contributed by atoms with van der Waals surface area (Å²) in [5.41, 5.74) is 3.04. The van der Waals surface area contributed by atoms with Crippen molar-refractivity contribution in [1.82, 2.24) is 19.9 Å². The Hall–Kier alpha value is -5.58. The molecule has 4 aromatic carbocycles. The number of carbonyl (C=O) groups excluding carboxylic acids is 2. The van der Waals surface area contributed by atoms with Crippen molar-refractivity contribution in [3.05, 3.63) is 131 Å². The predicted molar refractivity (Wildman–Crippen MR) is 201 cm³/mol. The second-order valence-electron chi connectivity index (χ2n) is 12.9. The standard InChI is InChI=1S/C39H34Cl2N6O4/c1-39(2,3)51-38(49)43-22-20-28(25-16-17-31(40)32(41)24-25)36(48)46(27-10-5-4-6-11-27)47(37-42-21-18-26-19-23-44-45(26)37)33-14-9-13-30-29-12-7-8-15-34(29)50-35(30)33/h4-19,21,23-24,28H,20,22H2,1-3H3,(H,43,49). The Balaban J connectivity index is 1.43. The van der Waals surface area contributed by atoms with Crippen LogP contribution in [0.1, 0.15) is 38.7 Å². The van der Waals surface area contributed by atoms with Crippen molar-refractivity contribution in [2.45, 2.75) is 38.7 Å². The number of hydrogen-bond donors (Lipinski definition) is 1. The number of para-hydroxylation sites is 3. The number of carbonyl (C=O) groups is 2. The lowest BCUT2D eigenvalue weighted by atomic mass is 9.94. The highest BCUT2D eigenvalue weighted by Gasteiger charge is 2.36. The molecule has 51 heavy (non-hydrogen) atoms. The summed E-state index contributed by atoms with van der Waals surface area (Å²) < 4.78 is 13.7. The number of nitrogens with one attached hydrogen (secondary N) is 1. The highest BCUT2D eigenvalue weighted by Crippen LogP contribution is 2.41. The van der Waals surface area contributed by atoms with Crippen LogP contribution >= 0.6 is 23.2 Å². The normalized spacial score (nSPS) is 12.3. The van der Waals surface area contributed by atoms with E-state index >= 15 is 4.79 Å². The first-order chi connectivity index (χ1) is 24.6. The topological polar surface area (TPSA) is 105 Å². The van der Waals surface area contributed by atoms with Gasteiger partial charge in [0.2, 0.25) is 0 Å². The molecular weight excluding hydrogens is 687 g/mol. The third-order valence-electron chi connectivity index (χ3n) is 8.25. The van der Waals surface area contributed by atoms with E-state index in [1.807, 2.05) is 84.9 Å². The maximum absolute atomic E-state index is 15.5. The highest BCUT2D eigenvalue weighted by molar-refractivity contribution is 6.42. The molecular formula is C39H34Cl2N6O4. The number of alkyl carbamates (subject to hydrolysis) is 1. The van der Waals surface area contributed by atoms with E-state index in [2.05, 4.69) is 10.4 Å². The Morgan fingerprint density at radius 1 is 0.882 bits per heavy atom. The molecule has 2 amide bonds. The minimum absolute atomic E-state index is 0.125. The molecule has 0 spiro atoms. The van der Waals surface area contributed by atoms with Crippen molar-refractivity contribution < 1.29 is 18.7 Å². The van der Waals surface area contributed by atoms with Crippen molar-refractivity contribution >= 4 is 80.0 Å². The van der Waals surface area contributed by atoms with Gasteiger partial charge >= 0.3 is 6.09 Å². The molecule has 0 fully saturated rings. The Morgan fingerprint density at radius 3 is 2.41 bits per heavy atom. The SMILES string of the molecule is CC(C)(C)OC(=O)NCCC(C(=O)N(c1ccccc1)N(c1cccc2c1oc1ccccc12)c1nccc2ccnn12)c1ccc(Cl)c(Cl)c1. The van der Waals surface area contributed by atoms with Crippen LogP contribution in [0, 0.1) is 0 Å². The molecule has 258 valence electrons. The fraction of sp³-hybridized carbons (Fsp3) is 0.179. The molecule has 0 aliphatic heterocycles. The number of hydrogen-bond acceptors (Lipinski definition) is 7. The molecule has 0 radical (unpaired) electrons. The van der Waals surface area contributed by atoms with E-state index in [-0.39, 0.29) is 18.9 Å². The lowest BCUT2D eigenvalue weighted by molar-refractivity contribution is -0.120. The number of benzene rings is 4. The number of amides is 2. The zero-order chi connectivity index (χ0) is 35.7. The maximum Gasteiger partial charge on any atom is 0.407 e. The first-order valence-electron chi connectivity index (χ1n) is 16.4. The van der Waals surface area contributed by atoms with Gasteiger partial charge in [0.1, 0.15) is 16.9 Å². The lowest BCUT2D eigenvalue weighted by Gasteiger charge is -2.37. The van der Waals surface area contributed by atoms with E-state index in [1.54, 1.807) is 65.9 Å². The van der Waals surface area contributed by atoms with Crippen LogP contribution in [-0.4, -0.2) is 38.7 Å². The van der Waals surface area contributed by atoms with Gasteiger partial charge in [-0.1, -0.05) is 77.8 Å². The molecule has 3 aromatic heterocycles. The third kappa shape index (κ3) is 6.93. The monoisotopic (exact) mass is 720 g/mol. The highest BCUT2D eigenvalue weighted by atomic mass is 35.5. The van der Waals surface area contributed by atoms with Gasteiger partial charge in [0.15, 0.2) is 5.58 Å². The summed E-state index contributed by atoms with van der Waals surface area (Å²) in [6, 6.07) is 31.7. The molecule has 3 heterocycles. The van der Waals surface area contributed by atoms with E-state index in [0.717, 1.165) is 16.3 Å². The predicted octanol–water partition coefficient (Wildman–Crippen LogP) is 9.72. The maximum atomic E-state index is 15.5. The fourth-order valence-electron chi connectivity index (χ4n) is 6.04. The Morgan fingerprint density at radius 2 is 1.63 bits per heavy atom. The van der Waals surface area contributed by atoms with Crippen LogP contribution in [0.5, 0.6) is 0 Å². The molecule has 0 aliphatic carbocycles. The number of fused-ring (bicyclic) bond motifs is 4. The number of halogens is 2. The fourth-order valence-corrected chi connectivity index (χ4v) is 6.35. The van der Waals surface area contributed by atoms with Crippen LogP contribution in [0.3, 0.4) is 0 Å². The van der Waals surface area contributed by atoms with E-state index in [0.29, 0.717) is 44.1 Å². The van der Waals surface area contributed by atoms with Gasteiger partial charge < -0.3 is 14.5 Å². The molecule has 7 rings (SSSR count). The van der Waals surface area contributed by atoms with E-state index in [9.17, 15) is 4.79 Å². The second-order valence-corrected chi connectivity index (χ2v) is 13.7. The van der Waals surface area contributed by atoms with Gasteiger partial charge in [-0.15, -0.1) is 0 Å². The van der Waals surface area contributed by atoms with E-state index in [4.69, 9.17) is 37.3 Å². The van der Waals surface area contributed by atoms with E-state index in [1.165, 1.54) is 0 Å². The average Bonchev–Trinajstić information content (AvgIpc) is 3.75. The lowest BCUT2D eigenvalue weighted by Crippen LogP contribution is -2.48. The summed E-state index contributed by atoms with van der Waals surface area (Å²) in [4.78, 5) is 33.0. The molecule has 0 saturated carbocycles. The summed E-state index contributed by atoms with van der Waals surface area (Å²) in [6.45, 7) is 5.49. The van der Waals surface area contributed by atoms with Gasteiger partial charge in [0.05, 0.1) is 33.4 Å².